The molecule has 1 saturated carbocycles. The predicted octanol–water partition coefficient (Wildman–Crippen LogP) is 2.83. The summed E-state index contributed by atoms with van der Waals surface area (Å²) in [7, 11) is 3.81. The summed E-state index contributed by atoms with van der Waals surface area (Å²) in [6.45, 7) is 6.37. The van der Waals surface area contributed by atoms with Crippen molar-refractivity contribution in [2.75, 3.05) is 11.9 Å². The molecule has 0 radical (unpaired) electrons. The molecule has 5 nitrogen and oxygen atoms in total. The highest BCUT2D eigenvalue weighted by Crippen LogP contribution is 2.38. The lowest BCUT2D eigenvalue weighted by molar-refractivity contribution is 0.0696. The third-order valence-corrected chi connectivity index (χ3v) is 4.60. The summed E-state index contributed by atoms with van der Waals surface area (Å²) >= 11 is 0. The Balaban J connectivity index is 2.26. The van der Waals surface area contributed by atoms with Gasteiger partial charge < -0.3 is 10.0 Å². The fourth-order valence-electron chi connectivity index (χ4n) is 3.25. The third kappa shape index (κ3) is 2.67. The van der Waals surface area contributed by atoms with Crippen molar-refractivity contribution >= 4 is 11.8 Å². The van der Waals surface area contributed by atoms with E-state index >= 15 is 0 Å². The van der Waals surface area contributed by atoms with Crippen LogP contribution in [0.15, 0.2) is 0 Å². The van der Waals surface area contributed by atoms with Crippen LogP contribution in [-0.2, 0) is 7.05 Å². The third-order valence-electron chi connectivity index (χ3n) is 4.60. The van der Waals surface area contributed by atoms with Gasteiger partial charge in [0, 0.05) is 20.1 Å². The van der Waals surface area contributed by atoms with Gasteiger partial charge in [0.1, 0.15) is 11.4 Å². The van der Waals surface area contributed by atoms with Crippen molar-refractivity contribution in [3.63, 3.8) is 0 Å². The van der Waals surface area contributed by atoms with Gasteiger partial charge in [-0.1, -0.05) is 13.8 Å². The Kier molecular flexibility index (Phi) is 3.80. The molecule has 1 aliphatic carbocycles. The van der Waals surface area contributed by atoms with Gasteiger partial charge in [-0.2, -0.15) is 5.10 Å². The van der Waals surface area contributed by atoms with Gasteiger partial charge in [-0.3, -0.25) is 4.68 Å². The van der Waals surface area contributed by atoms with Crippen LogP contribution in [0.4, 0.5) is 5.82 Å². The van der Waals surface area contributed by atoms with Gasteiger partial charge in [0.15, 0.2) is 0 Å². The van der Waals surface area contributed by atoms with E-state index in [4.69, 9.17) is 0 Å². The number of anilines is 1. The van der Waals surface area contributed by atoms with Gasteiger partial charge in [0.05, 0.1) is 5.69 Å². The highest BCUT2D eigenvalue weighted by Gasteiger charge is 2.32. The highest BCUT2D eigenvalue weighted by molar-refractivity contribution is 5.94. The van der Waals surface area contributed by atoms with Crippen molar-refractivity contribution in [1.82, 2.24) is 9.78 Å². The predicted molar refractivity (Wildman–Crippen MR) is 79.3 cm³/mol. The zero-order chi connectivity index (χ0) is 15.1. The summed E-state index contributed by atoms with van der Waals surface area (Å²) in [6.07, 6.45) is 4.57. The first-order valence-electron chi connectivity index (χ1n) is 7.22. The maximum Gasteiger partial charge on any atom is 0.341 e. The van der Waals surface area contributed by atoms with Gasteiger partial charge in [0.2, 0.25) is 0 Å². The van der Waals surface area contributed by atoms with Crippen LogP contribution in [-0.4, -0.2) is 33.9 Å². The summed E-state index contributed by atoms with van der Waals surface area (Å²) in [5, 5.41) is 13.7. The minimum absolute atomic E-state index is 0.333. The minimum atomic E-state index is -0.895. The average Bonchev–Trinajstić information content (AvgIpc) is 2.63. The van der Waals surface area contributed by atoms with E-state index in [9.17, 15) is 9.90 Å². The SMILES string of the molecule is Cc1nn(C)c(N(C)C2CCC(C)(C)CC2)c1C(=O)O. The molecule has 20 heavy (non-hydrogen) atoms. The van der Waals surface area contributed by atoms with Gasteiger partial charge >= 0.3 is 5.97 Å². The number of aromatic carboxylic acids is 1. The number of carboxylic acid groups (broad SMARTS) is 1. The van der Waals surface area contributed by atoms with E-state index in [-0.39, 0.29) is 0 Å². The van der Waals surface area contributed by atoms with Crippen LogP contribution in [0.25, 0.3) is 0 Å². The Hall–Kier alpha value is -1.52. The number of nitrogens with zero attached hydrogens (tertiary/aromatic N) is 3. The normalized spacial score (nSPS) is 19.1. The molecule has 1 aliphatic rings. The molecule has 0 unspecified atom stereocenters. The Morgan fingerprint density at radius 3 is 2.45 bits per heavy atom. The Morgan fingerprint density at radius 2 is 1.95 bits per heavy atom. The molecule has 0 saturated heterocycles. The first-order valence-corrected chi connectivity index (χ1v) is 7.22. The van der Waals surface area contributed by atoms with Crippen molar-refractivity contribution in [2.24, 2.45) is 12.5 Å². The summed E-state index contributed by atoms with van der Waals surface area (Å²) < 4.78 is 1.69. The van der Waals surface area contributed by atoms with Crippen LogP contribution in [0.3, 0.4) is 0 Å². The fraction of sp³-hybridized carbons (Fsp3) is 0.733. The quantitative estimate of drug-likeness (QED) is 0.924. The summed E-state index contributed by atoms with van der Waals surface area (Å²) in [6, 6.07) is 0.399. The molecule has 0 aromatic carbocycles. The number of rotatable bonds is 3. The van der Waals surface area contributed by atoms with Crippen molar-refractivity contribution in [3.8, 4) is 0 Å². The summed E-state index contributed by atoms with van der Waals surface area (Å²) in [5.41, 5.74) is 1.33. The summed E-state index contributed by atoms with van der Waals surface area (Å²) in [4.78, 5) is 13.6. The molecule has 5 heteroatoms. The van der Waals surface area contributed by atoms with E-state index in [0.717, 1.165) is 18.7 Å². The van der Waals surface area contributed by atoms with Crippen LogP contribution in [0.1, 0.15) is 55.6 Å². The number of aryl methyl sites for hydroxylation is 2. The average molecular weight is 279 g/mol. The second-order valence-electron chi connectivity index (χ2n) is 6.72. The Labute approximate surface area is 120 Å². The highest BCUT2D eigenvalue weighted by atomic mass is 16.4. The van der Waals surface area contributed by atoms with Crippen molar-refractivity contribution in [2.45, 2.75) is 52.5 Å². The van der Waals surface area contributed by atoms with Crippen LogP contribution in [0.2, 0.25) is 0 Å². The van der Waals surface area contributed by atoms with Crippen molar-refractivity contribution < 1.29 is 9.90 Å². The van der Waals surface area contributed by atoms with Gasteiger partial charge in [-0.15, -0.1) is 0 Å². The molecule has 0 bridgehead atoms. The Morgan fingerprint density at radius 1 is 1.40 bits per heavy atom. The zero-order valence-electron chi connectivity index (χ0n) is 13.1. The lowest BCUT2D eigenvalue weighted by Gasteiger charge is -2.39. The van der Waals surface area contributed by atoms with Crippen LogP contribution >= 0.6 is 0 Å². The topological polar surface area (TPSA) is 58.4 Å². The molecular formula is C15H25N3O2. The molecular weight excluding hydrogens is 254 g/mol. The monoisotopic (exact) mass is 279 g/mol. The maximum absolute atomic E-state index is 11.5. The van der Waals surface area contributed by atoms with E-state index in [1.807, 2.05) is 14.1 Å². The number of hydrogen-bond donors (Lipinski definition) is 1. The molecule has 0 aliphatic heterocycles. The lowest BCUT2D eigenvalue weighted by atomic mass is 9.75. The standard InChI is InChI=1S/C15H25N3O2/c1-10-12(14(19)20)13(18(5)16-10)17(4)11-6-8-15(2,3)9-7-11/h11H,6-9H2,1-5H3,(H,19,20). The maximum atomic E-state index is 11.5. The first kappa shape index (κ1) is 14.9. The number of carbonyl (C=O) groups is 1. The Bertz CT molecular complexity index is 509. The number of aromatic nitrogens is 2. The minimum Gasteiger partial charge on any atom is -0.477 e. The molecule has 1 N–H and O–H groups in total. The first-order chi connectivity index (χ1) is 9.23. The van der Waals surface area contributed by atoms with E-state index in [1.165, 1.54) is 12.8 Å². The number of hydrogen-bond acceptors (Lipinski definition) is 3. The molecule has 1 heterocycles. The van der Waals surface area contributed by atoms with Gasteiger partial charge in [0.25, 0.3) is 0 Å². The summed E-state index contributed by atoms with van der Waals surface area (Å²) in [5.74, 6) is -0.173. The van der Waals surface area contributed by atoms with E-state index in [1.54, 1.807) is 11.6 Å². The van der Waals surface area contributed by atoms with Crippen LogP contribution < -0.4 is 4.90 Å². The fourth-order valence-corrected chi connectivity index (χ4v) is 3.25. The van der Waals surface area contributed by atoms with Crippen LogP contribution in [0.5, 0.6) is 0 Å². The second-order valence-corrected chi connectivity index (χ2v) is 6.72. The van der Waals surface area contributed by atoms with E-state index in [0.29, 0.717) is 22.7 Å². The van der Waals surface area contributed by atoms with Gasteiger partial charge in [-0.25, -0.2) is 4.79 Å². The largest absolute Gasteiger partial charge is 0.477 e. The molecule has 1 aromatic heterocycles. The molecule has 0 spiro atoms. The second kappa shape index (κ2) is 5.11. The molecule has 112 valence electrons. The lowest BCUT2D eigenvalue weighted by Crippen LogP contribution is -2.38. The van der Waals surface area contributed by atoms with E-state index in [2.05, 4.69) is 23.8 Å². The molecule has 0 amide bonds. The molecule has 2 rings (SSSR count). The number of carboxylic acids is 1. The molecule has 1 aromatic rings. The van der Waals surface area contributed by atoms with Gasteiger partial charge in [-0.05, 0) is 38.0 Å². The molecule has 1 fully saturated rings. The van der Waals surface area contributed by atoms with Crippen molar-refractivity contribution in [1.29, 1.82) is 0 Å². The smallest absolute Gasteiger partial charge is 0.341 e. The zero-order valence-corrected chi connectivity index (χ0v) is 13.1. The van der Waals surface area contributed by atoms with Crippen molar-refractivity contribution in [3.05, 3.63) is 11.3 Å². The van der Waals surface area contributed by atoms with E-state index < -0.39 is 5.97 Å². The molecule has 0 atom stereocenters. The van der Waals surface area contributed by atoms with Crippen LogP contribution in [0, 0.1) is 12.3 Å².